The zero-order valence-corrected chi connectivity index (χ0v) is 25.0. The molecule has 220 valence electrons. The number of hydrogen-bond donors (Lipinski definition) is 3. The molecule has 1 spiro atoms. The first kappa shape index (κ1) is 29.3. The fraction of sp³-hybridized carbons (Fsp3) is 0.667. The van der Waals surface area contributed by atoms with Gasteiger partial charge in [0.05, 0.1) is 12.7 Å². The van der Waals surface area contributed by atoms with Crippen LogP contribution >= 0.6 is 0 Å². The second-order valence-electron chi connectivity index (χ2n) is 13.0. The van der Waals surface area contributed by atoms with Gasteiger partial charge in [-0.15, -0.1) is 5.10 Å². The molecule has 4 heterocycles. The summed E-state index contributed by atoms with van der Waals surface area (Å²) in [5, 5.41) is 20.9. The van der Waals surface area contributed by atoms with Crippen LogP contribution in [0.15, 0.2) is 24.3 Å². The molecule has 40 heavy (non-hydrogen) atoms. The first-order valence-electron chi connectivity index (χ1n) is 15.5. The van der Waals surface area contributed by atoms with Crippen molar-refractivity contribution in [2.45, 2.75) is 91.0 Å². The monoisotopic (exact) mass is 550 g/mol. The molecule has 1 aromatic carbocycles. The van der Waals surface area contributed by atoms with Crippen molar-refractivity contribution in [1.29, 1.82) is 0 Å². The van der Waals surface area contributed by atoms with E-state index in [0.717, 1.165) is 43.5 Å². The molecule has 3 fully saturated rings. The largest absolute Gasteiger partial charge is 0.446 e. The van der Waals surface area contributed by atoms with Crippen LogP contribution < -0.4 is 10.1 Å². The van der Waals surface area contributed by atoms with Crippen LogP contribution in [0.1, 0.15) is 93.2 Å². The Morgan fingerprint density at radius 1 is 1.23 bits per heavy atom. The summed E-state index contributed by atoms with van der Waals surface area (Å²) in [5.74, 6) is 1.36. The normalized spacial score (nSPS) is 25.4. The van der Waals surface area contributed by atoms with Crippen molar-refractivity contribution in [3.63, 3.8) is 0 Å². The highest BCUT2D eigenvalue weighted by molar-refractivity contribution is 5.52. The molecule has 3 unspecified atom stereocenters. The Hall–Kier alpha value is -2.19. The summed E-state index contributed by atoms with van der Waals surface area (Å²) in [6.07, 6.45) is 11.6. The molecule has 0 radical (unpaired) electrons. The lowest BCUT2D eigenvalue weighted by Gasteiger charge is -2.33. The maximum Gasteiger partial charge on any atom is 0.238 e. The summed E-state index contributed by atoms with van der Waals surface area (Å²) < 4.78 is 12.3. The summed E-state index contributed by atoms with van der Waals surface area (Å²) >= 11 is 0. The van der Waals surface area contributed by atoms with E-state index in [0.29, 0.717) is 23.1 Å². The van der Waals surface area contributed by atoms with Gasteiger partial charge in [0.25, 0.3) is 0 Å². The second-order valence-corrected chi connectivity index (χ2v) is 13.0. The maximum atomic E-state index is 9.63. The minimum absolute atomic E-state index is 0.0196. The van der Waals surface area contributed by atoms with E-state index in [2.05, 4.69) is 78.5 Å². The number of nitrogens with zero attached hydrogens (tertiary/aromatic N) is 2. The second kappa shape index (κ2) is 13.2. The van der Waals surface area contributed by atoms with E-state index in [-0.39, 0.29) is 19.0 Å². The van der Waals surface area contributed by atoms with E-state index in [9.17, 15) is 5.11 Å². The third-order valence-electron chi connectivity index (χ3n) is 9.33. The van der Waals surface area contributed by atoms with Crippen molar-refractivity contribution < 1.29 is 14.6 Å². The Kier molecular flexibility index (Phi) is 9.67. The highest BCUT2D eigenvalue weighted by atomic mass is 16.7. The third-order valence-corrected chi connectivity index (χ3v) is 9.33. The number of piperidine rings is 1. The van der Waals surface area contributed by atoms with Crippen molar-refractivity contribution >= 4 is 6.08 Å². The predicted molar refractivity (Wildman–Crippen MR) is 161 cm³/mol. The summed E-state index contributed by atoms with van der Waals surface area (Å²) in [6.45, 7) is 14.8. The van der Waals surface area contributed by atoms with Gasteiger partial charge in [0, 0.05) is 37.2 Å². The minimum Gasteiger partial charge on any atom is -0.446 e. The lowest BCUT2D eigenvalue weighted by molar-refractivity contribution is -0.172. The van der Waals surface area contributed by atoms with E-state index in [1.54, 1.807) is 0 Å². The number of ether oxygens (including phenoxy) is 2. The number of aromatic nitrogens is 2. The van der Waals surface area contributed by atoms with E-state index in [1.165, 1.54) is 62.1 Å². The average molecular weight is 551 g/mol. The maximum absolute atomic E-state index is 9.63. The van der Waals surface area contributed by atoms with Crippen LogP contribution in [0.2, 0.25) is 0 Å². The fourth-order valence-electron chi connectivity index (χ4n) is 6.90. The standard InChI is InChI=1S/C33H50N4O3/c1-23(2)31-29(32(36-35-31)40-30-18-24(3)17-28(21-38)39-30)20-27-9-8-26(19-25(27)4)7-5-6-15-37-16-12-33(22-37)10-13-34-14-11-33/h5,7-9,19,23-24,28,30,34,38H,6,10-18,20-22H2,1-4H3,(H,35,36)/b7-5+. The number of hydrogen-bond acceptors (Lipinski definition) is 6. The van der Waals surface area contributed by atoms with Gasteiger partial charge in [0.15, 0.2) is 0 Å². The molecule has 0 bridgehead atoms. The topological polar surface area (TPSA) is 82.6 Å². The lowest BCUT2D eigenvalue weighted by atomic mass is 9.78. The van der Waals surface area contributed by atoms with Crippen molar-refractivity contribution in [3.8, 4) is 5.88 Å². The molecule has 3 aliphatic heterocycles. The van der Waals surface area contributed by atoms with Crippen molar-refractivity contribution in [2.24, 2.45) is 11.3 Å². The summed E-state index contributed by atoms with van der Waals surface area (Å²) in [6, 6.07) is 6.77. The number of nitrogens with one attached hydrogen (secondary N) is 2. The molecule has 2 aromatic rings. The van der Waals surface area contributed by atoms with Crippen LogP contribution in [0.3, 0.4) is 0 Å². The molecule has 7 nitrogen and oxygen atoms in total. The van der Waals surface area contributed by atoms with E-state index in [4.69, 9.17) is 9.47 Å². The Labute approximate surface area is 240 Å². The van der Waals surface area contributed by atoms with Crippen molar-refractivity contribution in [3.05, 3.63) is 52.2 Å². The number of rotatable bonds is 10. The Balaban J connectivity index is 1.19. The highest BCUT2D eigenvalue weighted by Gasteiger charge is 2.38. The molecule has 0 aliphatic carbocycles. The van der Waals surface area contributed by atoms with Crippen LogP contribution in [0.4, 0.5) is 0 Å². The first-order chi connectivity index (χ1) is 19.3. The molecule has 3 aliphatic rings. The zero-order chi connectivity index (χ0) is 28.1. The number of likely N-dealkylation sites (tertiary alicyclic amines) is 1. The van der Waals surface area contributed by atoms with Crippen LogP contribution in [-0.2, 0) is 11.2 Å². The number of aliphatic hydroxyl groups excluding tert-OH is 1. The van der Waals surface area contributed by atoms with Gasteiger partial charge in [0.2, 0.25) is 12.2 Å². The molecule has 0 saturated carbocycles. The number of H-pyrrole nitrogens is 1. The predicted octanol–water partition coefficient (Wildman–Crippen LogP) is 5.42. The molecular weight excluding hydrogens is 500 g/mol. The molecule has 0 amide bonds. The van der Waals surface area contributed by atoms with Gasteiger partial charge in [-0.25, -0.2) is 0 Å². The smallest absolute Gasteiger partial charge is 0.238 e. The number of aliphatic hydroxyl groups is 1. The van der Waals surface area contributed by atoms with E-state index >= 15 is 0 Å². The number of aromatic amines is 1. The van der Waals surface area contributed by atoms with Gasteiger partial charge >= 0.3 is 0 Å². The number of aryl methyl sites for hydroxylation is 1. The zero-order valence-electron chi connectivity index (χ0n) is 25.0. The Morgan fingerprint density at radius 3 is 2.80 bits per heavy atom. The molecule has 5 rings (SSSR count). The highest BCUT2D eigenvalue weighted by Crippen LogP contribution is 2.38. The summed E-state index contributed by atoms with van der Waals surface area (Å²) in [5.41, 5.74) is 6.60. The lowest BCUT2D eigenvalue weighted by Crippen LogP contribution is -2.38. The number of benzene rings is 1. The Bertz CT molecular complexity index is 1140. The minimum atomic E-state index is -0.387. The molecule has 3 saturated heterocycles. The molecule has 7 heteroatoms. The van der Waals surface area contributed by atoms with Gasteiger partial charge in [-0.3, -0.25) is 5.10 Å². The first-order valence-corrected chi connectivity index (χ1v) is 15.5. The Morgan fingerprint density at radius 2 is 2.05 bits per heavy atom. The molecule has 1 aromatic heterocycles. The van der Waals surface area contributed by atoms with Crippen molar-refractivity contribution in [1.82, 2.24) is 20.4 Å². The average Bonchev–Trinajstić information content (AvgIpc) is 3.51. The van der Waals surface area contributed by atoms with Crippen LogP contribution in [-0.4, -0.2) is 71.9 Å². The van der Waals surface area contributed by atoms with Gasteiger partial charge in [-0.2, -0.15) is 0 Å². The SMILES string of the molecule is Cc1cc(/C=C/CCN2CCC3(CCNCC3)C2)ccc1Cc1c(OC2CC(C)CC(CO)O2)n[nH]c1C(C)C. The van der Waals surface area contributed by atoms with E-state index in [1.807, 2.05) is 0 Å². The molecule has 3 atom stereocenters. The van der Waals surface area contributed by atoms with Crippen LogP contribution in [0, 0.1) is 18.3 Å². The quantitative estimate of drug-likeness (QED) is 0.366. The van der Waals surface area contributed by atoms with Crippen LogP contribution in [0.25, 0.3) is 6.08 Å². The van der Waals surface area contributed by atoms with Crippen molar-refractivity contribution in [2.75, 3.05) is 39.3 Å². The molecular formula is C33H50N4O3. The van der Waals surface area contributed by atoms with Crippen LogP contribution in [0.5, 0.6) is 5.88 Å². The van der Waals surface area contributed by atoms with Gasteiger partial charge in [-0.1, -0.05) is 51.1 Å². The summed E-state index contributed by atoms with van der Waals surface area (Å²) in [4.78, 5) is 2.67. The fourth-order valence-corrected chi connectivity index (χ4v) is 6.90. The van der Waals surface area contributed by atoms with Gasteiger partial charge in [-0.05, 0) is 92.6 Å². The van der Waals surface area contributed by atoms with Gasteiger partial charge in [0.1, 0.15) is 0 Å². The molecule has 3 N–H and O–H groups in total. The third kappa shape index (κ3) is 7.17. The van der Waals surface area contributed by atoms with E-state index < -0.39 is 0 Å². The van der Waals surface area contributed by atoms with Gasteiger partial charge < -0.3 is 24.8 Å². The summed E-state index contributed by atoms with van der Waals surface area (Å²) in [7, 11) is 0.